The second kappa shape index (κ2) is 15.5. The van der Waals surface area contributed by atoms with Gasteiger partial charge in [0.15, 0.2) is 17.2 Å². The second-order valence-electron chi connectivity index (χ2n) is 11.6. The van der Waals surface area contributed by atoms with Gasteiger partial charge in [0.05, 0.1) is 16.0 Å². The summed E-state index contributed by atoms with van der Waals surface area (Å²) >= 11 is 12.5. The fraction of sp³-hybridized carbons (Fsp3) is 0.412. The van der Waals surface area contributed by atoms with Crippen molar-refractivity contribution < 1.29 is 28.5 Å². The van der Waals surface area contributed by atoms with Crippen LogP contribution in [0.2, 0.25) is 10.0 Å². The Hall–Kier alpha value is -3.37. The molecule has 2 atom stereocenters. The van der Waals surface area contributed by atoms with Gasteiger partial charge in [0, 0.05) is 30.7 Å². The molecule has 2 amide bonds. The highest BCUT2D eigenvalue weighted by atomic mass is 35.5. The molecule has 3 aromatic rings. The number of halogens is 3. The second-order valence-corrected chi connectivity index (χ2v) is 12.4. The van der Waals surface area contributed by atoms with Crippen molar-refractivity contribution in [3.8, 4) is 23.0 Å². The van der Waals surface area contributed by atoms with Crippen molar-refractivity contribution in [2.45, 2.75) is 44.8 Å². The third-order valence-electron chi connectivity index (χ3n) is 8.20. The van der Waals surface area contributed by atoms with E-state index in [-0.39, 0.29) is 55.4 Å². The van der Waals surface area contributed by atoms with Gasteiger partial charge in [-0.15, -0.1) is 12.4 Å². The van der Waals surface area contributed by atoms with Crippen LogP contribution in [0.25, 0.3) is 0 Å². The smallest absolute Gasteiger partial charge is 0.251 e. The number of ether oxygens (including phenoxy) is 4. The Morgan fingerprint density at radius 1 is 0.935 bits per heavy atom. The molecule has 3 aliphatic rings. The first-order chi connectivity index (χ1) is 21.9. The molecule has 246 valence electrons. The minimum Gasteiger partial charge on any atom is -0.490 e. The first-order valence-corrected chi connectivity index (χ1v) is 16.1. The number of hydrogen-bond donors (Lipinski definition) is 2. The zero-order valence-corrected chi connectivity index (χ0v) is 27.9. The molecule has 46 heavy (non-hydrogen) atoms. The summed E-state index contributed by atoms with van der Waals surface area (Å²) in [6.07, 6.45) is 2.64. The molecule has 1 saturated carbocycles. The lowest BCUT2D eigenvalue weighted by Gasteiger charge is -2.36. The summed E-state index contributed by atoms with van der Waals surface area (Å²) in [7, 11) is 0. The van der Waals surface area contributed by atoms with Gasteiger partial charge in [0.2, 0.25) is 5.91 Å². The number of aryl methyl sites for hydroxylation is 1. The molecule has 0 radical (unpaired) electrons. The summed E-state index contributed by atoms with van der Waals surface area (Å²) in [6.45, 7) is 5.23. The number of nitrogens with one attached hydrogen (secondary N) is 2. The van der Waals surface area contributed by atoms with Crippen LogP contribution in [0.4, 0.5) is 0 Å². The van der Waals surface area contributed by atoms with Gasteiger partial charge in [0.25, 0.3) is 5.91 Å². The Balaban J connectivity index is 0.00000417. The predicted molar refractivity (Wildman–Crippen MR) is 179 cm³/mol. The van der Waals surface area contributed by atoms with Crippen molar-refractivity contribution in [3.63, 3.8) is 0 Å². The maximum atomic E-state index is 14.0. The van der Waals surface area contributed by atoms with Gasteiger partial charge >= 0.3 is 0 Å². The lowest BCUT2D eigenvalue weighted by Crippen LogP contribution is -2.55. The number of fused-ring (bicyclic) bond motifs is 1. The number of benzene rings is 3. The standard InChI is InChI=1S/C34H37Cl2N3O6.ClH/c1-21-16-27(35)32(28(36)17-21)45-15-12-42-25-7-3-23(4-8-25)33(40)38-29-10-11-37-19-26(29)34(41)39(24-5-6-24)20-22-2-9-30-31(18-22)44-14-13-43-30;/h2-4,7-9,16-18,24,26,29,37H,5-6,10-15,19-20H2,1H3,(H,38,40);1H. The SMILES string of the molecule is Cc1cc(Cl)c(OCCOc2ccc(C(=O)NC3CCNCC3C(=O)N(Cc3ccc4c(c3)OCCO4)C3CC3)cc2)c(Cl)c1.Cl. The molecule has 2 heterocycles. The molecule has 3 aromatic carbocycles. The molecule has 0 spiro atoms. The van der Waals surface area contributed by atoms with E-state index in [0.717, 1.165) is 36.3 Å². The predicted octanol–water partition coefficient (Wildman–Crippen LogP) is 5.85. The van der Waals surface area contributed by atoms with Crippen LogP contribution in [-0.2, 0) is 11.3 Å². The molecule has 2 fully saturated rings. The first kappa shape index (κ1) is 34.0. The molecule has 0 bridgehead atoms. The summed E-state index contributed by atoms with van der Waals surface area (Å²) in [6, 6.07) is 16.3. The highest BCUT2D eigenvalue weighted by Crippen LogP contribution is 2.35. The van der Waals surface area contributed by atoms with Gasteiger partial charge in [-0.25, -0.2) is 0 Å². The first-order valence-electron chi connectivity index (χ1n) is 15.4. The number of amides is 2. The van der Waals surface area contributed by atoms with Gasteiger partial charge in [-0.05, 0) is 92.4 Å². The van der Waals surface area contributed by atoms with E-state index < -0.39 is 0 Å². The Morgan fingerprint density at radius 2 is 1.63 bits per heavy atom. The van der Waals surface area contributed by atoms with Crippen molar-refractivity contribution in [3.05, 3.63) is 81.3 Å². The molecule has 6 rings (SSSR count). The monoisotopic (exact) mass is 689 g/mol. The molecule has 0 aromatic heterocycles. The van der Waals surface area contributed by atoms with Crippen LogP contribution >= 0.6 is 35.6 Å². The van der Waals surface area contributed by atoms with E-state index >= 15 is 0 Å². The summed E-state index contributed by atoms with van der Waals surface area (Å²) in [5.41, 5.74) is 2.45. The van der Waals surface area contributed by atoms with E-state index in [1.54, 1.807) is 36.4 Å². The molecule has 12 heteroatoms. The Bertz CT molecular complexity index is 1510. The van der Waals surface area contributed by atoms with Gasteiger partial charge in [-0.2, -0.15) is 0 Å². The lowest BCUT2D eigenvalue weighted by atomic mass is 9.91. The maximum Gasteiger partial charge on any atom is 0.251 e. The van der Waals surface area contributed by atoms with Crippen LogP contribution < -0.4 is 29.6 Å². The zero-order valence-electron chi connectivity index (χ0n) is 25.6. The van der Waals surface area contributed by atoms with Crippen LogP contribution in [0, 0.1) is 12.8 Å². The molecule has 1 aliphatic carbocycles. The average molecular weight is 691 g/mol. The van der Waals surface area contributed by atoms with E-state index in [1.165, 1.54) is 0 Å². The molecular weight excluding hydrogens is 653 g/mol. The fourth-order valence-corrected chi connectivity index (χ4v) is 6.45. The highest BCUT2D eigenvalue weighted by Gasteiger charge is 2.40. The summed E-state index contributed by atoms with van der Waals surface area (Å²) in [5, 5.41) is 7.40. The van der Waals surface area contributed by atoms with Gasteiger partial charge < -0.3 is 34.5 Å². The normalized spacial score (nSPS) is 18.6. The van der Waals surface area contributed by atoms with E-state index in [1.807, 2.05) is 30.0 Å². The van der Waals surface area contributed by atoms with Gasteiger partial charge in [-0.3, -0.25) is 9.59 Å². The average Bonchev–Trinajstić information content (AvgIpc) is 3.88. The molecule has 2 N–H and O–H groups in total. The number of carbonyl (C=O) groups excluding carboxylic acids is 2. The van der Waals surface area contributed by atoms with Crippen molar-refractivity contribution in [1.82, 2.24) is 15.5 Å². The molecular formula is C34H38Cl3N3O6. The van der Waals surface area contributed by atoms with E-state index in [0.29, 0.717) is 65.6 Å². The summed E-state index contributed by atoms with van der Waals surface area (Å²) in [5.74, 6) is 1.96. The third kappa shape index (κ3) is 8.31. The van der Waals surface area contributed by atoms with E-state index in [9.17, 15) is 9.59 Å². The van der Waals surface area contributed by atoms with Gasteiger partial charge in [0.1, 0.15) is 32.2 Å². The van der Waals surface area contributed by atoms with Crippen molar-refractivity contribution >= 4 is 47.4 Å². The van der Waals surface area contributed by atoms with Crippen molar-refractivity contribution in [2.75, 3.05) is 39.5 Å². The highest BCUT2D eigenvalue weighted by molar-refractivity contribution is 6.37. The molecule has 2 aliphatic heterocycles. The largest absolute Gasteiger partial charge is 0.490 e. The topological polar surface area (TPSA) is 98.4 Å². The van der Waals surface area contributed by atoms with Crippen LogP contribution in [0.15, 0.2) is 54.6 Å². The molecule has 1 saturated heterocycles. The van der Waals surface area contributed by atoms with Crippen LogP contribution in [0.5, 0.6) is 23.0 Å². The zero-order chi connectivity index (χ0) is 31.3. The van der Waals surface area contributed by atoms with Crippen LogP contribution in [0.1, 0.15) is 40.7 Å². The van der Waals surface area contributed by atoms with Gasteiger partial charge in [-0.1, -0.05) is 29.3 Å². The summed E-state index contributed by atoms with van der Waals surface area (Å²) < 4.78 is 22.9. The number of hydrogen-bond acceptors (Lipinski definition) is 7. The van der Waals surface area contributed by atoms with Crippen molar-refractivity contribution in [2.24, 2.45) is 5.92 Å². The molecule has 2 unspecified atom stereocenters. The number of piperidine rings is 1. The Labute approximate surface area is 285 Å². The fourth-order valence-electron chi connectivity index (χ4n) is 5.74. The number of rotatable bonds is 11. The summed E-state index contributed by atoms with van der Waals surface area (Å²) in [4.78, 5) is 29.2. The molecule has 9 nitrogen and oxygen atoms in total. The maximum absolute atomic E-state index is 14.0. The quantitative estimate of drug-likeness (QED) is 0.244. The Morgan fingerprint density at radius 3 is 2.35 bits per heavy atom. The minimum atomic E-state index is -0.362. The van der Waals surface area contributed by atoms with Crippen LogP contribution in [0.3, 0.4) is 0 Å². The lowest BCUT2D eigenvalue weighted by molar-refractivity contribution is -0.138. The third-order valence-corrected chi connectivity index (χ3v) is 8.77. The van der Waals surface area contributed by atoms with Crippen LogP contribution in [-0.4, -0.2) is 68.3 Å². The Kier molecular flexibility index (Phi) is 11.4. The number of nitrogens with zero attached hydrogens (tertiary/aromatic N) is 1. The number of carbonyl (C=O) groups is 2. The van der Waals surface area contributed by atoms with Crippen molar-refractivity contribution in [1.29, 1.82) is 0 Å². The van der Waals surface area contributed by atoms with E-state index in [4.69, 9.17) is 42.1 Å². The minimum absolute atomic E-state index is 0. The van der Waals surface area contributed by atoms with E-state index in [2.05, 4.69) is 10.6 Å².